The van der Waals surface area contributed by atoms with Crippen LogP contribution in [0.25, 0.3) is 0 Å². The van der Waals surface area contributed by atoms with Crippen molar-refractivity contribution in [2.75, 3.05) is 20.1 Å². The Morgan fingerprint density at radius 1 is 1.50 bits per heavy atom. The van der Waals surface area contributed by atoms with E-state index in [0.29, 0.717) is 13.1 Å². The quantitative estimate of drug-likeness (QED) is 0.557. The zero-order valence-corrected chi connectivity index (χ0v) is 7.96. The molecule has 5 nitrogen and oxygen atoms in total. The van der Waals surface area contributed by atoms with E-state index in [1.165, 1.54) is 18.5 Å². The predicted octanol–water partition coefficient (Wildman–Crippen LogP) is -0.676. The summed E-state index contributed by atoms with van der Waals surface area (Å²) in [7, 11) is 1.79. The molecule has 0 unspecified atom stereocenters. The van der Waals surface area contributed by atoms with Gasteiger partial charge in [0.25, 0.3) is 5.91 Å². The third-order valence-corrected chi connectivity index (χ3v) is 1.73. The van der Waals surface area contributed by atoms with Gasteiger partial charge in [-0.25, -0.2) is 0 Å². The maximum absolute atomic E-state index is 11.4. The third kappa shape index (κ3) is 2.70. The van der Waals surface area contributed by atoms with Crippen LogP contribution in [0, 0.1) is 0 Å². The lowest BCUT2D eigenvalue weighted by molar-refractivity contribution is 0.0952. The Balaban J connectivity index is 2.61. The first-order valence-corrected chi connectivity index (χ1v) is 4.35. The smallest absolute Gasteiger partial charge is 0.256 e. The highest BCUT2D eigenvalue weighted by molar-refractivity contribution is 5.93. The molecule has 0 aliphatic rings. The lowest BCUT2D eigenvalue weighted by Crippen LogP contribution is -2.33. The van der Waals surface area contributed by atoms with Crippen LogP contribution in [-0.2, 0) is 0 Å². The van der Waals surface area contributed by atoms with Crippen LogP contribution in [0.4, 0.5) is 0 Å². The summed E-state index contributed by atoms with van der Waals surface area (Å²) in [6, 6.07) is 1.33. The number of hydrogen-bond donors (Lipinski definition) is 3. The Bertz CT molecular complexity index is 359. The SMILES string of the molecule is CNCCNC(=O)c1c[nH]ccc1=O. The highest BCUT2D eigenvalue weighted by Crippen LogP contribution is 1.86. The molecule has 0 bridgehead atoms. The summed E-state index contributed by atoms with van der Waals surface area (Å²) in [5, 5.41) is 5.51. The fourth-order valence-corrected chi connectivity index (χ4v) is 0.990. The Hall–Kier alpha value is -1.62. The number of carbonyl (C=O) groups excluding carboxylic acids is 1. The summed E-state index contributed by atoms with van der Waals surface area (Å²) >= 11 is 0. The molecular weight excluding hydrogens is 182 g/mol. The number of rotatable bonds is 4. The van der Waals surface area contributed by atoms with Crippen molar-refractivity contribution in [2.45, 2.75) is 0 Å². The molecule has 3 N–H and O–H groups in total. The number of aromatic nitrogens is 1. The molecule has 5 heteroatoms. The molecular formula is C9H13N3O2. The number of amides is 1. The number of likely N-dealkylation sites (N-methyl/N-ethyl adjacent to an activating group) is 1. The van der Waals surface area contributed by atoms with Gasteiger partial charge in [-0.3, -0.25) is 9.59 Å². The number of carbonyl (C=O) groups is 1. The molecule has 14 heavy (non-hydrogen) atoms. The Morgan fingerprint density at radius 2 is 2.29 bits per heavy atom. The third-order valence-electron chi connectivity index (χ3n) is 1.73. The van der Waals surface area contributed by atoms with Crippen molar-refractivity contribution in [3.63, 3.8) is 0 Å². The van der Waals surface area contributed by atoms with E-state index in [1.54, 1.807) is 7.05 Å². The molecule has 1 aromatic heterocycles. The average Bonchev–Trinajstić information content (AvgIpc) is 2.18. The minimum absolute atomic E-state index is 0.142. The second-order valence-electron chi connectivity index (χ2n) is 2.78. The van der Waals surface area contributed by atoms with E-state index in [4.69, 9.17) is 0 Å². The molecule has 0 atom stereocenters. The van der Waals surface area contributed by atoms with E-state index in [1.807, 2.05) is 0 Å². The summed E-state index contributed by atoms with van der Waals surface area (Å²) in [5.41, 5.74) is -0.130. The molecule has 76 valence electrons. The van der Waals surface area contributed by atoms with E-state index in [9.17, 15) is 9.59 Å². The zero-order chi connectivity index (χ0) is 10.4. The fourth-order valence-electron chi connectivity index (χ4n) is 0.990. The number of hydrogen-bond acceptors (Lipinski definition) is 3. The molecule has 1 amide bonds. The van der Waals surface area contributed by atoms with Crippen molar-refractivity contribution in [1.29, 1.82) is 0 Å². The van der Waals surface area contributed by atoms with Crippen LogP contribution in [-0.4, -0.2) is 31.0 Å². The topological polar surface area (TPSA) is 74.0 Å². The highest BCUT2D eigenvalue weighted by atomic mass is 16.2. The van der Waals surface area contributed by atoms with Gasteiger partial charge in [-0.2, -0.15) is 0 Å². The van der Waals surface area contributed by atoms with Gasteiger partial charge >= 0.3 is 0 Å². The van der Waals surface area contributed by atoms with Gasteiger partial charge in [-0.15, -0.1) is 0 Å². The van der Waals surface area contributed by atoms with Gasteiger partial charge in [0, 0.05) is 31.5 Å². The molecule has 1 heterocycles. The van der Waals surface area contributed by atoms with Crippen LogP contribution >= 0.6 is 0 Å². The van der Waals surface area contributed by atoms with Crippen molar-refractivity contribution in [2.24, 2.45) is 0 Å². The van der Waals surface area contributed by atoms with Gasteiger partial charge in [0.2, 0.25) is 0 Å². The number of aromatic amines is 1. The summed E-state index contributed by atoms with van der Waals surface area (Å²) in [5.74, 6) is -0.345. The molecule has 0 fully saturated rings. The highest BCUT2D eigenvalue weighted by Gasteiger charge is 2.07. The number of nitrogens with one attached hydrogen (secondary N) is 3. The van der Waals surface area contributed by atoms with E-state index in [0.717, 1.165) is 0 Å². The maximum atomic E-state index is 11.4. The molecule has 1 aromatic rings. The van der Waals surface area contributed by atoms with Crippen molar-refractivity contribution in [3.05, 3.63) is 34.2 Å². The molecule has 0 radical (unpaired) electrons. The Kier molecular flexibility index (Phi) is 3.87. The van der Waals surface area contributed by atoms with Crippen LogP contribution in [0.1, 0.15) is 10.4 Å². The van der Waals surface area contributed by atoms with Crippen LogP contribution in [0.15, 0.2) is 23.3 Å². The van der Waals surface area contributed by atoms with Crippen molar-refractivity contribution in [3.8, 4) is 0 Å². The van der Waals surface area contributed by atoms with Crippen molar-refractivity contribution < 1.29 is 4.79 Å². The van der Waals surface area contributed by atoms with E-state index in [2.05, 4.69) is 15.6 Å². The van der Waals surface area contributed by atoms with Crippen LogP contribution < -0.4 is 16.1 Å². The molecule has 0 aromatic carbocycles. The standard InChI is InChI=1S/C9H13N3O2/c1-10-4-5-12-9(14)7-6-11-3-2-8(7)13/h2-3,6,10H,4-5H2,1H3,(H,11,13)(H,12,14). The van der Waals surface area contributed by atoms with Gasteiger partial charge < -0.3 is 15.6 Å². The van der Waals surface area contributed by atoms with Crippen LogP contribution in [0.5, 0.6) is 0 Å². The lowest BCUT2D eigenvalue weighted by Gasteiger charge is -2.03. The molecule has 0 aliphatic heterocycles. The van der Waals surface area contributed by atoms with Gasteiger partial charge in [-0.05, 0) is 7.05 Å². The minimum atomic E-state index is -0.345. The van der Waals surface area contributed by atoms with Gasteiger partial charge in [0.15, 0.2) is 5.43 Å². The second-order valence-corrected chi connectivity index (χ2v) is 2.78. The van der Waals surface area contributed by atoms with Crippen LogP contribution in [0.2, 0.25) is 0 Å². The molecule has 0 aliphatic carbocycles. The first-order chi connectivity index (χ1) is 6.75. The van der Waals surface area contributed by atoms with Gasteiger partial charge in [0.1, 0.15) is 5.56 Å². The largest absolute Gasteiger partial charge is 0.367 e. The minimum Gasteiger partial charge on any atom is -0.367 e. The molecule has 0 saturated carbocycles. The predicted molar refractivity (Wildman–Crippen MR) is 53.3 cm³/mol. The Morgan fingerprint density at radius 3 is 2.93 bits per heavy atom. The molecule has 0 spiro atoms. The number of pyridine rings is 1. The average molecular weight is 195 g/mol. The summed E-state index contributed by atoms with van der Waals surface area (Å²) in [6.45, 7) is 1.18. The van der Waals surface area contributed by atoms with Crippen molar-refractivity contribution >= 4 is 5.91 Å². The summed E-state index contributed by atoms with van der Waals surface area (Å²) in [6.07, 6.45) is 2.89. The van der Waals surface area contributed by atoms with E-state index < -0.39 is 0 Å². The summed E-state index contributed by atoms with van der Waals surface area (Å²) < 4.78 is 0. The second kappa shape index (κ2) is 5.18. The first-order valence-electron chi connectivity index (χ1n) is 4.35. The van der Waals surface area contributed by atoms with Crippen LogP contribution in [0.3, 0.4) is 0 Å². The number of H-pyrrole nitrogens is 1. The Labute approximate surface area is 81.5 Å². The van der Waals surface area contributed by atoms with Gasteiger partial charge in [0.05, 0.1) is 0 Å². The lowest BCUT2D eigenvalue weighted by atomic mass is 10.2. The maximum Gasteiger partial charge on any atom is 0.256 e. The monoisotopic (exact) mass is 195 g/mol. The summed E-state index contributed by atoms with van der Waals surface area (Å²) in [4.78, 5) is 25.3. The fraction of sp³-hybridized carbons (Fsp3) is 0.333. The molecule has 1 rings (SSSR count). The van der Waals surface area contributed by atoms with Gasteiger partial charge in [-0.1, -0.05) is 0 Å². The van der Waals surface area contributed by atoms with E-state index in [-0.39, 0.29) is 16.9 Å². The first kappa shape index (κ1) is 10.5. The normalized spacial score (nSPS) is 9.79. The van der Waals surface area contributed by atoms with Crippen molar-refractivity contribution in [1.82, 2.24) is 15.6 Å². The van der Waals surface area contributed by atoms with E-state index >= 15 is 0 Å². The molecule has 0 saturated heterocycles. The zero-order valence-electron chi connectivity index (χ0n) is 7.96.